The van der Waals surface area contributed by atoms with Gasteiger partial charge in [0.25, 0.3) is 0 Å². The summed E-state index contributed by atoms with van der Waals surface area (Å²) in [5, 5.41) is 0.551. The Hall–Kier alpha value is -2.78. The van der Waals surface area contributed by atoms with Crippen molar-refractivity contribution in [2.75, 3.05) is 7.11 Å². The van der Waals surface area contributed by atoms with Gasteiger partial charge in [-0.25, -0.2) is 4.79 Å². The fraction of sp³-hybridized carbons (Fsp3) is 0.345. The van der Waals surface area contributed by atoms with Crippen LogP contribution in [0.2, 0.25) is 5.02 Å². The highest BCUT2D eigenvalue weighted by Crippen LogP contribution is 2.43. The maximum absolute atomic E-state index is 13.6. The standard InChI is InChI=1S/C29H33ClO3/c1-28(2,3)23-17-20(32-7)18-24(29(4,5)6)26(23)33-27(31)21-14-11-15-25(30)22(21)16-19-12-9-8-10-13-19/h8-15,17-18H,16H2,1-7H3. The van der Waals surface area contributed by atoms with Crippen molar-refractivity contribution in [3.63, 3.8) is 0 Å². The SMILES string of the molecule is COc1cc(C(C)(C)C)c(OC(=O)c2cccc(Cl)c2Cc2ccccc2)c(C(C)(C)C)c1. The molecule has 0 bridgehead atoms. The van der Waals surface area contributed by atoms with Crippen LogP contribution in [0.15, 0.2) is 60.7 Å². The Kier molecular flexibility index (Phi) is 7.23. The Bertz CT molecular complexity index is 1100. The second kappa shape index (κ2) is 9.61. The highest BCUT2D eigenvalue weighted by atomic mass is 35.5. The van der Waals surface area contributed by atoms with E-state index < -0.39 is 5.97 Å². The van der Waals surface area contributed by atoms with Crippen LogP contribution in [0.3, 0.4) is 0 Å². The maximum atomic E-state index is 13.6. The quantitative estimate of drug-likeness (QED) is 0.286. The number of ether oxygens (including phenoxy) is 2. The molecule has 174 valence electrons. The van der Waals surface area contributed by atoms with E-state index in [9.17, 15) is 4.79 Å². The summed E-state index contributed by atoms with van der Waals surface area (Å²) in [5.74, 6) is 0.924. The Morgan fingerprint density at radius 2 is 1.42 bits per heavy atom. The molecular formula is C29H33ClO3. The van der Waals surface area contributed by atoms with Crippen LogP contribution >= 0.6 is 11.6 Å². The molecule has 0 saturated carbocycles. The van der Waals surface area contributed by atoms with Gasteiger partial charge in [-0.1, -0.05) is 89.5 Å². The van der Waals surface area contributed by atoms with Gasteiger partial charge >= 0.3 is 5.97 Å². The third-order valence-corrected chi connectivity index (χ3v) is 6.03. The molecule has 0 fully saturated rings. The third kappa shape index (κ3) is 5.78. The van der Waals surface area contributed by atoms with Gasteiger partial charge in [0.2, 0.25) is 0 Å². The van der Waals surface area contributed by atoms with Crippen LogP contribution in [0.4, 0.5) is 0 Å². The van der Waals surface area contributed by atoms with Gasteiger partial charge in [0.15, 0.2) is 0 Å². The molecule has 0 N–H and O–H groups in total. The molecule has 3 aromatic rings. The second-order valence-electron chi connectivity index (χ2n) is 10.4. The number of esters is 1. The van der Waals surface area contributed by atoms with Crippen molar-refractivity contribution in [3.05, 3.63) is 93.5 Å². The summed E-state index contributed by atoms with van der Waals surface area (Å²) in [6, 6.07) is 19.3. The van der Waals surface area contributed by atoms with Crippen LogP contribution < -0.4 is 9.47 Å². The number of methoxy groups -OCH3 is 1. The number of hydrogen-bond acceptors (Lipinski definition) is 3. The predicted octanol–water partition coefficient (Wildman–Crippen LogP) is 7.75. The van der Waals surface area contributed by atoms with Crippen molar-refractivity contribution < 1.29 is 14.3 Å². The largest absolute Gasteiger partial charge is 0.497 e. The molecular weight excluding hydrogens is 432 g/mol. The van der Waals surface area contributed by atoms with Crippen LogP contribution in [0.1, 0.15) is 74.2 Å². The van der Waals surface area contributed by atoms with Crippen LogP contribution in [0.5, 0.6) is 11.5 Å². The summed E-state index contributed by atoms with van der Waals surface area (Å²) in [6.07, 6.45) is 0.547. The highest BCUT2D eigenvalue weighted by Gasteiger charge is 2.30. The van der Waals surface area contributed by atoms with E-state index in [-0.39, 0.29) is 10.8 Å². The normalized spacial score (nSPS) is 11.9. The average molecular weight is 465 g/mol. The van der Waals surface area contributed by atoms with Gasteiger partial charge in [-0.15, -0.1) is 0 Å². The number of benzene rings is 3. The van der Waals surface area contributed by atoms with Crippen molar-refractivity contribution in [3.8, 4) is 11.5 Å². The van der Waals surface area contributed by atoms with Gasteiger partial charge in [-0.05, 0) is 52.6 Å². The summed E-state index contributed by atoms with van der Waals surface area (Å²) in [6.45, 7) is 12.6. The number of rotatable bonds is 5. The second-order valence-corrected chi connectivity index (χ2v) is 10.8. The molecule has 0 amide bonds. The van der Waals surface area contributed by atoms with E-state index in [0.717, 1.165) is 28.0 Å². The highest BCUT2D eigenvalue weighted by molar-refractivity contribution is 6.31. The molecule has 3 rings (SSSR count). The Morgan fingerprint density at radius 1 is 0.848 bits per heavy atom. The van der Waals surface area contributed by atoms with E-state index in [4.69, 9.17) is 21.1 Å². The van der Waals surface area contributed by atoms with E-state index in [2.05, 4.69) is 41.5 Å². The maximum Gasteiger partial charge on any atom is 0.343 e. The number of carbonyl (C=O) groups excluding carboxylic acids is 1. The van der Waals surface area contributed by atoms with Crippen LogP contribution in [0.25, 0.3) is 0 Å². The molecule has 0 atom stereocenters. The molecule has 0 heterocycles. The summed E-state index contributed by atoms with van der Waals surface area (Å²) < 4.78 is 11.8. The Balaban J connectivity index is 2.11. The summed E-state index contributed by atoms with van der Waals surface area (Å²) >= 11 is 6.55. The van der Waals surface area contributed by atoms with E-state index in [1.165, 1.54) is 0 Å². The fourth-order valence-corrected chi connectivity index (χ4v) is 4.06. The molecule has 0 aliphatic heterocycles. The van der Waals surface area contributed by atoms with E-state index in [1.807, 2.05) is 48.5 Å². The van der Waals surface area contributed by atoms with Crippen LogP contribution in [-0.4, -0.2) is 13.1 Å². The molecule has 4 heteroatoms. The average Bonchev–Trinajstić information content (AvgIpc) is 2.74. The van der Waals surface area contributed by atoms with Crippen molar-refractivity contribution in [2.24, 2.45) is 0 Å². The fourth-order valence-electron chi connectivity index (χ4n) is 3.82. The molecule has 33 heavy (non-hydrogen) atoms. The molecule has 0 radical (unpaired) electrons. The minimum absolute atomic E-state index is 0.259. The van der Waals surface area contributed by atoms with E-state index in [1.54, 1.807) is 19.2 Å². The predicted molar refractivity (Wildman–Crippen MR) is 136 cm³/mol. The zero-order valence-corrected chi connectivity index (χ0v) is 21.3. The first-order valence-corrected chi connectivity index (χ1v) is 11.6. The molecule has 3 nitrogen and oxygen atoms in total. The lowest BCUT2D eigenvalue weighted by atomic mass is 9.79. The minimum atomic E-state index is -0.412. The molecule has 0 saturated heterocycles. The molecule has 0 aliphatic carbocycles. The van der Waals surface area contributed by atoms with Gasteiger partial charge in [-0.2, -0.15) is 0 Å². The lowest BCUT2D eigenvalue weighted by Crippen LogP contribution is -2.22. The van der Waals surface area contributed by atoms with Crippen molar-refractivity contribution in [2.45, 2.75) is 58.8 Å². The van der Waals surface area contributed by atoms with Gasteiger partial charge in [0.1, 0.15) is 11.5 Å². The Labute approximate surface area is 202 Å². The summed E-state index contributed by atoms with van der Waals surface area (Å²) in [7, 11) is 1.65. The van der Waals surface area contributed by atoms with Gasteiger partial charge in [0, 0.05) is 16.1 Å². The van der Waals surface area contributed by atoms with Crippen molar-refractivity contribution in [1.29, 1.82) is 0 Å². The van der Waals surface area contributed by atoms with Gasteiger partial charge in [-0.3, -0.25) is 0 Å². The van der Waals surface area contributed by atoms with Crippen molar-refractivity contribution >= 4 is 17.6 Å². The number of halogens is 1. The monoisotopic (exact) mass is 464 g/mol. The van der Waals surface area contributed by atoms with Crippen LogP contribution in [-0.2, 0) is 17.3 Å². The first kappa shape index (κ1) is 24.9. The smallest absolute Gasteiger partial charge is 0.343 e. The van der Waals surface area contributed by atoms with Crippen LogP contribution in [0, 0.1) is 0 Å². The molecule has 0 spiro atoms. The number of hydrogen-bond donors (Lipinski definition) is 0. The molecule has 0 aliphatic rings. The van der Waals surface area contributed by atoms with Gasteiger partial charge in [0.05, 0.1) is 12.7 Å². The molecule has 0 unspecified atom stereocenters. The molecule has 0 aromatic heterocycles. The topological polar surface area (TPSA) is 35.5 Å². The van der Waals surface area contributed by atoms with Crippen molar-refractivity contribution in [1.82, 2.24) is 0 Å². The van der Waals surface area contributed by atoms with Gasteiger partial charge < -0.3 is 9.47 Å². The Morgan fingerprint density at radius 3 is 1.94 bits per heavy atom. The summed E-state index contributed by atoms with van der Waals surface area (Å²) in [4.78, 5) is 13.6. The first-order chi connectivity index (χ1) is 15.4. The van der Waals surface area contributed by atoms with E-state index >= 15 is 0 Å². The number of carbonyl (C=O) groups is 1. The summed E-state index contributed by atoms with van der Waals surface area (Å²) in [5.41, 5.74) is 3.64. The third-order valence-electron chi connectivity index (χ3n) is 5.67. The zero-order chi connectivity index (χ0) is 24.4. The molecule has 3 aromatic carbocycles. The minimum Gasteiger partial charge on any atom is -0.497 e. The lowest BCUT2D eigenvalue weighted by molar-refractivity contribution is 0.0727. The zero-order valence-electron chi connectivity index (χ0n) is 20.6. The van der Waals surface area contributed by atoms with E-state index in [0.29, 0.717) is 22.8 Å². The first-order valence-electron chi connectivity index (χ1n) is 11.2. The lowest BCUT2D eigenvalue weighted by Gasteiger charge is -2.30.